The van der Waals surface area contributed by atoms with Gasteiger partial charge in [-0.1, -0.05) is 24.3 Å². The topological polar surface area (TPSA) is 55.8 Å². The van der Waals surface area contributed by atoms with Crippen molar-refractivity contribution in [3.05, 3.63) is 41.5 Å². The van der Waals surface area contributed by atoms with Gasteiger partial charge in [0, 0.05) is 6.08 Å². The van der Waals surface area contributed by atoms with Crippen LogP contribution in [0.2, 0.25) is 0 Å². The van der Waals surface area contributed by atoms with Gasteiger partial charge in [-0.3, -0.25) is 0 Å². The molecule has 114 valence electrons. The predicted octanol–water partition coefficient (Wildman–Crippen LogP) is 3.26. The lowest BCUT2D eigenvalue weighted by Crippen LogP contribution is -2.34. The van der Waals surface area contributed by atoms with Crippen molar-refractivity contribution in [1.82, 2.24) is 0 Å². The van der Waals surface area contributed by atoms with Crippen molar-refractivity contribution in [2.75, 3.05) is 0 Å². The fourth-order valence-corrected chi connectivity index (χ4v) is 2.68. The molecule has 1 aliphatic rings. The Bertz CT molecular complexity index is 499. The first-order valence-electron chi connectivity index (χ1n) is 7.30. The van der Waals surface area contributed by atoms with Gasteiger partial charge < -0.3 is 14.6 Å². The lowest BCUT2D eigenvalue weighted by atomic mass is 10.0. The van der Waals surface area contributed by atoms with E-state index in [-0.39, 0.29) is 18.3 Å². The first-order valence-corrected chi connectivity index (χ1v) is 7.30. The maximum Gasteiger partial charge on any atom is 0.328 e. The summed E-state index contributed by atoms with van der Waals surface area (Å²) in [6.07, 6.45) is 5.20. The average Bonchev–Trinajstić information content (AvgIpc) is 2.42. The molecule has 1 aromatic carbocycles. The Balaban J connectivity index is 1.98. The van der Waals surface area contributed by atoms with E-state index >= 15 is 0 Å². The van der Waals surface area contributed by atoms with Crippen molar-refractivity contribution in [2.24, 2.45) is 0 Å². The van der Waals surface area contributed by atoms with E-state index in [1.54, 1.807) is 6.08 Å². The second-order valence-electron chi connectivity index (χ2n) is 5.53. The maximum atomic E-state index is 10.6. The second kappa shape index (κ2) is 7.38. The van der Waals surface area contributed by atoms with Gasteiger partial charge in [0.1, 0.15) is 0 Å². The standard InChI is InChI=1S/C17H22O4/c1-12-9-16(10-13(2)21-12)20-11-15-6-4-3-5-14(15)7-8-17(18)19/h3-8,12-13,16H,9-11H2,1-2H3,(H,18,19)/b8-7+. The lowest BCUT2D eigenvalue weighted by Gasteiger charge is -2.32. The van der Waals surface area contributed by atoms with E-state index < -0.39 is 5.97 Å². The average molecular weight is 290 g/mol. The van der Waals surface area contributed by atoms with Gasteiger partial charge in [0.05, 0.1) is 24.9 Å². The lowest BCUT2D eigenvalue weighted by molar-refractivity contribution is -0.131. The monoisotopic (exact) mass is 290 g/mol. The molecule has 1 aliphatic heterocycles. The molecular weight excluding hydrogens is 268 g/mol. The van der Waals surface area contributed by atoms with Crippen LogP contribution in [0, 0.1) is 0 Å². The molecule has 0 bridgehead atoms. The fraction of sp³-hybridized carbons (Fsp3) is 0.471. The minimum absolute atomic E-state index is 0.195. The number of carboxylic acids is 1. The van der Waals surface area contributed by atoms with Crippen LogP contribution in [0.1, 0.15) is 37.8 Å². The third kappa shape index (κ3) is 4.99. The molecule has 2 unspecified atom stereocenters. The molecule has 0 spiro atoms. The van der Waals surface area contributed by atoms with Gasteiger partial charge in [0.25, 0.3) is 0 Å². The molecule has 2 rings (SSSR count). The number of carbonyl (C=O) groups is 1. The minimum Gasteiger partial charge on any atom is -0.478 e. The zero-order valence-corrected chi connectivity index (χ0v) is 12.5. The highest BCUT2D eigenvalue weighted by molar-refractivity contribution is 5.85. The normalized spacial score (nSPS) is 26.1. The maximum absolute atomic E-state index is 10.6. The van der Waals surface area contributed by atoms with E-state index in [1.807, 2.05) is 24.3 Å². The first-order chi connectivity index (χ1) is 10.0. The highest BCUT2D eigenvalue weighted by atomic mass is 16.5. The third-order valence-corrected chi connectivity index (χ3v) is 3.59. The molecule has 1 aromatic rings. The Labute approximate surface area is 125 Å². The summed E-state index contributed by atoms with van der Waals surface area (Å²) in [7, 11) is 0. The van der Waals surface area contributed by atoms with E-state index in [9.17, 15) is 4.79 Å². The van der Waals surface area contributed by atoms with Gasteiger partial charge in [0.15, 0.2) is 0 Å². The summed E-state index contributed by atoms with van der Waals surface area (Å²) >= 11 is 0. The molecule has 0 amide bonds. The van der Waals surface area contributed by atoms with Crippen molar-refractivity contribution in [3.8, 4) is 0 Å². The van der Waals surface area contributed by atoms with Gasteiger partial charge in [0.2, 0.25) is 0 Å². The van der Waals surface area contributed by atoms with Crippen molar-refractivity contribution in [3.63, 3.8) is 0 Å². The van der Waals surface area contributed by atoms with E-state index in [1.165, 1.54) is 0 Å². The molecule has 2 atom stereocenters. The van der Waals surface area contributed by atoms with Crippen LogP contribution in [0.25, 0.3) is 6.08 Å². The zero-order valence-electron chi connectivity index (χ0n) is 12.5. The fourth-order valence-electron chi connectivity index (χ4n) is 2.68. The third-order valence-electron chi connectivity index (χ3n) is 3.59. The molecule has 1 saturated heterocycles. The highest BCUT2D eigenvalue weighted by Gasteiger charge is 2.24. The van der Waals surface area contributed by atoms with E-state index in [2.05, 4.69) is 13.8 Å². The van der Waals surface area contributed by atoms with Gasteiger partial charge in [-0.2, -0.15) is 0 Å². The first kappa shape index (κ1) is 15.7. The smallest absolute Gasteiger partial charge is 0.328 e. The van der Waals surface area contributed by atoms with Crippen molar-refractivity contribution >= 4 is 12.0 Å². The summed E-state index contributed by atoms with van der Waals surface area (Å²) in [5, 5.41) is 8.73. The van der Waals surface area contributed by atoms with Crippen LogP contribution in [0.4, 0.5) is 0 Å². The Hall–Kier alpha value is -1.65. The van der Waals surface area contributed by atoms with Gasteiger partial charge in [-0.15, -0.1) is 0 Å². The van der Waals surface area contributed by atoms with Crippen molar-refractivity contribution < 1.29 is 19.4 Å². The molecule has 1 N–H and O–H groups in total. The molecule has 0 saturated carbocycles. The van der Waals surface area contributed by atoms with Gasteiger partial charge in [-0.05, 0) is 43.9 Å². The number of hydrogen-bond donors (Lipinski definition) is 1. The highest BCUT2D eigenvalue weighted by Crippen LogP contribution is 2.23. The van der Waals surface area contributed by atoms with Crippen molar-refractivity contribution in [1.29, 1.82) is 0 Å². The number of ether oxygens (including phenoxy) is 2. The molecule has 4 nitrogen and oxygen atoms in total. The summed E-state index contributed by atoms with van der Waals surface area (Å²) in [6, 6.07) is 7.69. The Morgan fingerprint density at radius 1 is 1.33 bits per heavy atom. The number of benzene rings is 1. The number of aliphatic carboxylic acids is 1. The molecule has 0 aromatic heterocycles. The van der Waals surface area contributed by atoms with E-state index in [0.29, 0.717) is 6.61 Å². The van der Waals surface area contributed by atoms with Crippen LogP contribution >= 0.6 is 0 Å². The Kier molecular flexibility index (Phi) is 5.53. The predicted molar refractivity (Wildman–Crippen MR) is 80.9 cm³/mol. The summed E-state index contributed by atoms with van der Waals surface area (Å²) in [5.74, 6) is -0.946. The summed E-state index contributed by atoms with van der Waals surface area (Å²) in [5.41, 5.74) is 1.88. The van der Waals surface area contributed by atoms with Crippen LogP contribution in [0.3, 0.4) is 0 Å². The number of hydrogen-bond acceptors (Lipinski definition) is 3. The summed E-state index contributed by atoms with van der Waals surface area (Å²) in [4.78, 5) is 10.6. The Morgan fingerprint density at radius 2 is 2.00 bits per heavy atom. The quantitative estimate of drug-likeness (QED) is 0.846. The number of carboxylic acid groups (broad SMARTS) is 1. The van der Waals surface area contributed by atoms with Crippen LogP contribution < -0.4 is 0 Å². The minimum atomic E-state index is -0.946. The molecular formula is C17H22O4. The van der Waals surface area contributed by atoms with Gasteiger partial charge in [-0.25, -0.2) is 4.79 Å². The molecule has 21 heavy (non-hydrogen) atoms. The van der Waals surface area contributed by atoms with Crippen molar-refractivity contribution in [2.45, 2.75) is 51.6 Å². The molecule has 0 radical (unpaired) electrons. The SMILES string of the molecule is CC1CC(OCc2ccccc2/C=C/C(=O)O)CC(C)O1. The Morgan fingerprint density at radius 3 is 2.67 bits per heavy atom. The summed E-state index contributed by atoms with van der Waals surface area (Å²) < 4.78 is 11.7. The second-order valence-corrected chi connectivity index (χ2v) is 5.53. The molecule has 4 heteroatoms. The molecule has 0 aliphatic carbocycles. The molecule has 1 heterocycles. The summed E-state index contributed by atoms with van der Waals surface area (Å²) in [6.45, 7) is 4.62. The van der Waals surface area contributed by atoms with Crippen LogP contribution in [0.5, 0.6) is 0 Å². The van der Waals surface area contributed by atoms with E-state index in [4.69, 9.17) is 14.6 Å². The molecule has 1 fully saturated rings. The zero-order chi connectivity index (χ0) is 15.2. The van der Waals surface area contributed by atoms with Crippen LogP contribution in [-0.4, -0.2) is 29.4 Å². The van der Waals surface area contributed by atoms with Gasteiger partial charge >= 0.3 is 5.97 Å². The van der Waals surface area contributed by atoms with Crippen LogP contribution in [0.15, 0.2) is 30.3 Å². The largest absolute Gasteiger partial charge is 0.478 e. The number of rotatable bonds is 5. The van der Waals surface area contributed by atoms with Crippen LogP contribution in [-0.2, 0) is 20.9 Å². The van der Waals surface area contributed by atoms with E-state index in [0.717, 1.165) is 30.0 Å².